The summed E-state index contributed by atoms with van der Waals surface area (Å²) in [6.45, 7) is 14.9. The molecule has 6 nitrogen and oxygen atoms in total. The van der Waals surface area contributed by atoms with Gasteiger partial charge in [0.2, 0.25) is 0 Å². The van der Waals surface area contributed by atoms with Crippen LogP contribution in [0.2, 0.25) is 0 Å². The highest BCUT2D eigenvalue weighted by Gasteiger charge is 2.31. The first-order chi connectivity index (χ1) is 13.6. The molecule has 6 heteroatoms. The van der Waals surface area contributed by atoms with Crippen LogP contribution in [0.15, 0.2) is 12.1 Å². The summed E-state index contributed by atoms with van der Waals surface area (Å²) in [5, 5.41) is 2.95. The lowest BCUT2D eigenvalue weighted by Gasteiger charge is -2.32. The largest absolute Gasteiger partial charge is 0.491 e. The van der Waals surface area contributed by atoms with Crippen molar-refractivity contribution in [1.29, 1.82) is 0 Å². The first kappa shape index (κ1) is 23.5. The monoisotopic (exact) mass is 406 g/mol. The molecule has 0 aliphatic carbocycles. The first-order valence-electron chi connectivity index (χ1n) is 10.6. The van der Waals surface area contributed by atoms with Crippen molar-refractivity contribution >= 4 is 6.09 Å². The maximum Gasteiger partial charge on any atom is 0.407 e. The first-order valence-corrected chi connectivity index (χ1v) is 10.6. The molecule has 1 N–H and O–H groups in total. The molecule has 0 saturated carbocycles. The van der Waals surface area contributed by atoms with Crippen LogP contribution in [-0.4, -0.2) is 56.0 Å². The Morgan fingerprint density at radius 2 is 1.97 bits per heavy atom. The van der Waals surface area contributed by atoms with Gasteiger partial charge in [0, 0.05) is 25.7 Å². The van der Waals surface area contributed by atoms with Crippen molar-refractivity contribution in [2.24, 2.45) is 0 Å². The smallest absolute Gasteiger partial charge is 0.407 e. The summed E-state index contributed by atoms with van der Waals surface area (Å²) in [6, 6.07) is 4.82. The average Bonchev–Trinajstić information content (AvgIpc) is 3.10. The van der Waals surface area contributed by atoms with Crippen LogP contribution in [0.3, 0.4) is 0 Å². The Kier molecular flexibility index (Phi) is 8.34. The Balaban J connectivity index is 2.03. The van der Waals surface area contributed by atoms with E-state index in [2.05, 4.69) is 43.1 Å². The van der Waals surface area contributed by atoms with Crippen molar-refractivity contribution in [3.63, 3.8) is 0 Å². The third-order valence-electron chi connectivity index (χ3n) is 5.58. The fourth-order valence-electron chi connectivity index (χ4n) is 3.94. The van der Waals surface area contributed by atoms with Gasteiger partial charge < -0.3 is 19.5 Å². The lowest BCUT2D eigenvalue weighted by atomic mass is 9.96. The molecule has 1 aromatic carbocycles. The van der Waals surface area contributed by atoms with Crippen molar-refractivity contribution in [3.05, 3.63) is 28.8 Å². The van der Waals surface area contributed by atoms with E-state index in [0.29, 0.717) is 25.8 Å². The molecule has 1 aliphatic heterocycles. The molecule has 1 saturated heterocycles. The molecule has 0 aromatic heterocycles. The van der Waals surface area contributed by atoms with Gasteiger partial charge in [-0.05, 0) is 83.7 Å². The van der Waals surface area contributed by atoms with Crippen molar-refractivity contribution in [2.75, 3.05) is 33.4 Å². The number of nitrogens with one attached hydrogen (secondary N) is 1. The SMILES string of the molecule is COCCOc1ccc(C(C)N2CCC[C@H]2CNC(=O)OC(C)(C)C)c(C)c1C. The van der Waals surface area contributed by atoms with Crippen LogP contribution in [0.4, 0.5) is 4.79 Å². The van der Waals surface area contributed by atoms with E-state index >= 15 is 0 Å². The minimum absolute atomic E-state index is 0.273. The molecule has 2 rings (SSSR count). The van der Waals surface area contributed by atoms with Crippen LogP contribution in [0, 0.1) is 13.8 Å². The van der Waals surface area contributed by atoms with Crippen LogP contribution < -0.4 is 10.1 Å². The number of hydrogen-bond acceptors (Lipinski definition) is 5. The molecule has 0 bridgehead atoms. The van der Waals surface area contributed by atoms with Gasteiger partial charge in [-0.25, -0.2) is 4.79 Å². The van der Waals surface area contributed by atoms with E-state index in [1.165, 1.54) is 16.7 Å². The van der Waals surface area contributed by atoms with Gasteiger partial charge in [-0.3, -0.25) is 4.90 Å². The number of hydrogen-bond donors (Lipinski definition) is 1. The Hall–Kier alpha value is -1.79. The number of carbonyl (C=O) groups excluding carboxylic acids is 1. The number of carbonyl (C=O) groups is 1. The second-order valence-electron chi connectivity index (χ2n) is 8.84. The summed E-state index contributed by atoms with van der Waals surface area (Å²) in [7, 11) is 1.68. The molecule has 2 atom stereocenters. The Morgan fingerprint density at radius 1 is 1.24 bits per heavy atom. The zero-order valence-electron chi connectivity index (χ0n) is 19.1. The second kappa shape index (κ2) is 10.3. The van der Waals surface area contributed by atoms with Crippen LogP contribution in [0.25, 0.3) is 0 Å². The average molecular weight is 407 g/mol. The van der Waals surface area contributed by atoms with Crippen molar-refractivity contribution in [2.45, 2.75) is 72.1 Å². The molecule has 1 unspecified atom stereocenters. The number of alkyl carbamates (subject to hydrolysis) is 1. The van der Waals surface area contributed by atoms with Gasteiger partial charge >= 0.3 is 6.09 Å². The predicted molar refractivity (Wildman–Crippen MR) is 116 cm³/mol. The molecular weight excluding hydrogens is 368 g/mol. The predicted octanol–water partition coefficient (Wildman–Crippen LogP) is 4.38. The van der Waals surface area contributed by atoms with Crippen LogP contribution in [-0.2, 0) is 9.47 Å². The molecule has 1 heterocycles. The molecule has 164 valence electrons. The third-order valence-corrected chi connectivity index (χ3v) is 5.58. The number of ether oxygens (including phenoxy) is 3. The van der Waals surface area contributed by atoms with Gasteiger partial charge in [0.1, 0.15) is 18.0 Å². The molecule has 1 amide bonds. The van der Waals surface area contributed by atoms with E-state index in [4.69, 9.17) is 14.2 Å². The summed E-state index contributed by atoms with van der Waals surface area (Å²) in [5.41, 5.74) is 3.27. The molecule has 0 radical (unpaired) electrons. The minimum atomic E-state index is -0.478. The third kappa shape index (κ3) is 6.61. The second-order valence-corrected chi connectivity index (χ2v) is 8.84. The zero-order valence-corrected chi connectivity index (χ0v) is 19.1. The zero-order chi connectivity index (χ0) is 21.6. The quantitative estimate of drug-likeness (QED) is 0.649. The summed E-state index contributed by atoms with van der Waals surface area (Å²) in [5.74, 6) is 0.917. The number of benzene rings is 1. The summed E-state index contributed by atoms with van der Waals surface area (Å²) >= 11 is 0. The Bertz CT molecular complexity index is 684. The van der Waals surface area contributed by atoms with E-state index in [9.17, 15) is 4.79 Å². The van der Waals surface area contributed by atoms with Gasteiger partial charge in [-0.15, -0.1) is 0 Å². The lowest BCUT2D eigenvalue weighted by molar-refractivity contribution is 0.0507. The molecule has 1 fully saturated rings. The summed E-state index contributed by atoms with van der Waals surface area (Å²) < 4.78 is 16.3. The van der Waals surface area contributed by atoms with E-state index in [1.807, 2.05) is 20.8 Å². The van der Waals surface area contributed by atoms with E-state index in [1.54, 1.807) is 7.11 Å². The van der Waals surface area contributed by atoms with Gasteiger partial charge in [-0.1, -0.05) is 6.07 Å². The van der Waals surface area contributed by atoms with Crippen LogP contribution in [0.1, 0.15) is 63.3 Å². The summed E-state index contributed by atoms with van der Waals surface area (Å²) in [4.78, 5) is 14.5. The van der Waals surface area contributed by atoms with Gasteiger partial charge in [0.15, 0.2) is 0 Å². The van der Waals surface area contributed by atoms with E-state index < -0.39 is 5.60 Å². The number of rotatable bonds is 8. The molecule has 29 heavy (non-hydrogen) atoms. The Labute approximate surface area is 175 Å². The van der Waals surface area contributed by atoms with Gasteiger partial charge in [0.25, 0.3) is 0 Å². The minimum Gasteiger partial charge on any atom is -0.491 e. The summed E-state index contributed by atoms with van der Waals surface area (Å²) in [6.07, 6.45) is 1.87. The molecular formula is C23H38N2O4. The fraction of sp³-hybridized carbons (Fsp3) is 0.696. The van der Waals surface area contributed by atoms with Gasteiger partial charge in [0.05, 0.1) is 6.61 Å². The van der Waals surface area contributed by atoms with E-state index in [0.717, 1.165) is 25.1 Å². The standard InChI is InChI=1S/C23H38N2O4/c1-16-17(2)21(28-14-13-27-7)11-10-20(16)18(3)25-12-8-9-19(25)15-24-22(26)29-23(4,5)6/h10-11,18-19H,8-9,12-15H2,1-7H3,(H,24,26)/t18?,19-/m0/s1. The maximum atomic E-state index is 12.0. The van der Waals surface area contributed by atoms with Crippen LogP contribution in [0.5, 0.6) is 5.75 Å². The molecule has 1 aliphatic rings. The number of likely N-dealkylation sites (tertiary alicyclic amines) is 1. The number of amides is 1. The molecule has 0 spiro atoms. The lowest BCUT2D eigenvalue weighted by Crippen LogP contribution is -2.43. The van der Waals surface area contributed by atoms with Crippen molar-refractivity contribution < 1.29 is 19.0 Å². The highest BCUT2D eigenvalue weighted by Crippen LogP contribution is 2.34. The van der Waals surface area contributed by atoms with Crippen molar-refractivity contribution in [3.8, 4) is 5.75 Å². The van der Waals surface area contributed by atoms with Crippen molar-refractivity contribution in [1.82, 2.24) is 10.2 Å². The van der Waals surface area contributed by atoms with Gasteiger partial charge in [-0.2, -0.15) is 0 Å². The highest BCUT2D eigenvalue weighted by atomic mass is 16.6. The van der Waals surface area contributed by atoms with Crippen LogP contribution >= 0.6 is 0 Å². The number of nitrogens with zero attached hydrogens (tertiary/aromatic N) is 1. The normalized spacial score (nSPS) is 18.5. The fourth-order valence-corrected chi connectivity index (χ4v) is 3.94. The van der Waals surface area contributed by atoms with E-state index in [-0.39, 0.29) is 12.1 Å². The number of methoxy groups -OCH3 is 1. The maximum absolute atomic E-state index is 12.0. The molecule has 1 aromatic rings. The Morgan fingerprint density at radius 3 is 2.62 bits per heavy atom. The highest BCUT2D eigenvalue weighted by molar-refractivity contribution is 5.67. The topological polar surface area (TPSA) is 60.0 Å².